The van der Waals surface area contributed by atoms with Gasteiger partial charge in [0.05, 0.1) is 0 Å². The lowest BCUT2D eigenvalue weighted by molar-refractivity contribution is -0.174. The van der Waals surface area contributed by atoms with Gasteiger partial charge in [-0.15, -0.1) is 0 Å². The summed E-state index contributed by atoms with van der Waals surface area (Å²) in [5, 5.41) is 0.0778. The SMILES string of the molecule is CC(C)SNC(=O)NNC(=O)C(F)(F)F. The van der Waals surface area contributed by atoms with Gasteiger partial charge in [-0.3, -0.25) is 14.9 Å². The van der Waals surface area contributed by atoms with Crippen LogP contribution in [-0.4, -0.2) is 23.4 Å². The fourth-order valence-corrected chi connectivity index (χ4v) is 0.775. The number of carbonyl (C=O) groups excluding carboxylic acids is 2. The Kier molecular flexibility index (Phi) is 5.26. The number of amides is 3. The molecule has 0 heterocycles. The Morgan fingerprint density at radius 3 is 2.13 bits per heavy atom. The van der Waals surface area contributed by atoms with Crippen molar-refractivity contribution in [2.24, 2.45) is 0 Å². The summed E-state index contributed by atoms with van der Waals surface area (Å²) in [6.07, 6.45) is -5.02. The first-order valence-corrected chi connectivity index (χ1v) is 4.70. The molecule has 5 nitrogen and oxygen atoms in total. The predicted molar refractivity (Wildman–Crippen MR) is 48.6 cm³/mol. The highest BCUT2D eigenvalue weighted by atomic mass is 32.2. The lowest BCUT2D eigenvalue weighted by Gasteiger charge is -2.10. The lowest BCUT2D eigenvalue weighted by Crippen LogP contribution is -2.50. The van der Waals surface area contributed by atoms with Gasteiger partial charge >= 0.3 is 18.1 Å². The molecule has 0 aromatic heterocycles. The highest BCUT2D eigenvalue weighted by Gasteiger charge is 2.38. The molecule has 0 saturated carbocycles. The topological polar surface area (TPSA) is 70.2 Å². The second-order valence-electron chi connectivity index (χ2n) is 2.67. The van der Waals surface area contributed by atoms with E-state index in [1.807, 2.05) is 0 Å². The lowest BCUT2D eigenvalue weighted by atomic mass is 10.6. The summed E-state index contributed by atoms with van der Waals surface area (Å²) < 4.78 is 37.0. The summed E-state index contributed by atoms with van der Waals surface area (Å²) in [7, 11) is 0. The highest BCUT2D eigenvalue weighted by Crippen LogP contribution is 2.13. The number of alkyl halides is 3. The van der Waals surface area contributed by atoms with Crippen molar-refractivity contribution in [2.45, 2.75) is 25.3 Å². The molecule has 0 aliphatic rings. The number of hydrogen-bond donors (Lipinski definition) is 3. The number of halogens is 3. The molecule has 0 aromatic rings. The van der Waals surface area contributed by atoms with Crippen molar-refractivity contribution in [3.63, 3.8) is 0 Å². The zero-order chi connectivity index (χ0) is 12.1. The number of rotatable bonds is 2. The van der Waals surface area contributed by atoms with E-state index in [0.717, 1.165) is 11.9 Å². The van der Waals surface area contributed by atoms with Crippen molar-refractivity contribution in [2.75, 3.05) is 0 Å². The van der Waals surface area contributed by atoms with Gasteiger partial charge < -0.3 is 0 Å². The highest BCUT2D eigenvalue weighted by molar-refractivity contribution is 7.98. The van der Waals surface area contributed by atoms with Crippen LogP contribution in [0.15, 0.2) is 0 Å². The van der Waals surface area contributed by atoms with Gasteiger partial charge in [0.15, 0.2) is 0 Å². The molecule has 0 spiro atoms. The van der Waals surface area contributed by atoms with Crippen LogP contribution in [0, 0.1) is 0 Å². The van der Waals surface area contributed by atoms with E-state index in [0.29, 0.717) is 0 Å². The largest absolute Gasteiger partial charge is 0.472 e. The summed E-state index contributed by atoms with van der Waals surface area (Å²) in [6.45, 7) is 3.55. The summed E-state index contributed by atoms with van der Waals surface area (Å²) in [5.41, 5.74) is 2.76. The van der Waals surface area contributed by atoms with Crippen LogP contribution in [0.4, 0.5) is 18.0 Å². The zero-order valence-electron chi connectivity index (χ0n) is 7.94. The third-order valence-electron chi connectivity index (χ3n) is 0.934. The fraction of sp³-hybridized carbons (Fsp3) is 0.667. The van der Waals surface area contributed by atoms with Crippen LogP contribution in [0.3, 0.4) is 0 Å². The molecule has 88 valence electrons. The van der Waals surface area contributed by atoms with Gasteiger partial charge in [0, 0.05) is 5.25 Å². The normalized spacial score (nSPS) is 11.1. The summed E-state index contributed by atoms with van der Waals surface area (Å²) >= 11 is 1.00. The van der Waals surface area contributed by atoms with Crippen LogP contribution in [0.2, 0.25) is 0 Å². The van der Waals surface area contributed by atoms with E-state index in [9.17, 15) is 22.8 Å². The second-order valence-corrected chi connectivity index (χ2v) is 4.06. The molecule has 0 fully saturated rings. The Hall–Kier alpha value is -1.12. The minimum Gasteiger partial charge on any atom is -0.280 e. The van der Waals surface area contributed by atoms with Crippen molar-refractivity contribution >= 4 is 23.9 Å². The summed E-state index contributed by atoms with van der Waals surface area (Å²) in [4.78, 5) is 21.0. The molecular formula is C6H10F3N3O2S. The number of carbonyl (C=O) groups is 2. The quantitative estimate of drug-likeness (QED) is 0.501. The maximum Gasteiger partial charge on any atom is 0.472 e. The van der Waals surface area contributed by atoms with Gasteiger partial charge in [-0.2, -0.15) is 13.2 Å². The summed E-state index contributed by atoms with van der Waals surface area (Å²) in [5.74, 6) is -2.23. The molecule has 0 atom stereocenters. The number of hydrazine groups is 1. The van der Waals surface area contributed by atoms with Crippen molar-refractivity contribution in [3.05, 3.63) is 0 Å². The maximum absolute atomic E-state index is 11.6. The number of urea groups is 1. The molecule has 0 saturated heterocycles. The predicted octanol–water partition coefficient (Wildman–Crippen LogP) is 0.936. The van der Waals surface area contributed by atoms with Crippen molar-refractivity contribution in [1.29, 1.82) is 0 Å². The molecule has 0 bridgehead atoms. The molecule has 0 radical (unpaired) electrons. The van der Waals surface area contributed by atoms with E-state index in [4.69, 9.17) is 0 Å². The minimum absolute atomic E-state index is 0.0778. The Morgan fingerprint density at radius 1 is 1.20 bits per heavy atom. The van der Waals surface area contributed by atoms with E-state index < -0.39 is 18.1 Å². The third kappa shape index (κ3) is 6.89. The molecule has 0 rings (SSSR count). The molecular weight excluding hydrogens is 235 g/mol. The smallest absolute Gasteiger partial charge is 0.280 e. The van der Waals surface area contributed by atoms with Crippen LogP contribution in [0.1, 0.15) is 13.8 Å². The first-order chi connectivity index (χ1) is 6.73. The van der Waals surface area contributed by atoms with Crippen molar-refractivity contribution < 1.29 is 22.8 Å². The molecule has 0 aliphatic heterocycles. The Morgan fingerprint density at radius 2 is 1.73 bits per heavy atom. The van der Waals surface area contributed by atoms with E-state index in [1.165, 1.54) is 5.43 Å². The second kappa shape index (κ2) is 5.69. The van der Waals surface area contributed by atoms with Crippen LogP contribution >= 0.6 is 11.9 Å². The molecule has 3 amide bonds. The molecule has 0 unspecified atom stereocenters. The van der Waals surface area contributed by atoms with Gasteiger partial charge in [-0.05, 0) is 11.9 Å². The van der Waals surface area contributed by atoms with Gasteiger partial charge in [-0.25, -0.2) is 10.2 Å². The van der Waals surface area contributed by atoms with E-state index in [2.05, 4.69) is 4.72 Å². The van der Waals surface area contributed by atoms with Gasteiger partial charge in [0.1, 0.15) is 0 Å². The zero-order valence-corrected chi connectivity index (χ0v) is 8.75. The maximum atomic E-state index is 11.6. The molecule has 3 N–H and O–H groups in total. The first-order valence-electron chi connectivity index (χ1n) is 3.82. The van der Waals surface area contributed by atoms with E-state index in [1.54, 1.807) is 19.3 Å². The van der Waals surface area contributed by atoms with Crippen LogP contribution < -0.4 is 15.6 Å². The van der Waals surface area contributed by atoms with Crippen molar-refractivity contribution in [1.82, 2.24) is 15.6 Å². The van der Waals surface area contributed by atoms with E-state index in [-0.39, 0.29) is 5.25 Å². The molecule has 0 aromatic carbocycles. The summed E-state index contributed by atoms with van der Waals surface area (Å²) in [6, 6.07) is -0.925. The standard InChI is InChI=1S/C6H10F3N3O2S/c1-3(2)15-12-5(14)11-10-4(13)6(7,8)9/h3H,1-2H3,(H,10,13)(H2,11,12,14). The first kappa shape index (κ1) is 13.9. The Balaban J connectivity index is 3.77. The van der Waals surface area contributed by atoms with Gasteiger partial charge in [0.2, 0.25) is 0 Å². The molecule has 9 heteroatoms. The number of hydrogen-bond acceptors (Lipinski definition) is 3. The number of nitrogens with one attached hydrogen (secondary N) is 3. The van der Waals surface area contributed by atoms with Crippen LogP contribution in [0.25, 0.3) is 0 Å². The molecule has 15 heavy (non-hydrogen) atoms. The van der Waals surface area contributed by atoms with Gasteiger partial charge in [0.25, 0.3) is 0 Å². The average Bonchev–Trinajstić information content (AvgIpc) is 2.09. The van der Waals surface area contributed by atoms with Crippen molar-refractivity contribution in [3.8, 4) is 0 Å². The van der Waals surface area contributed by atoms with E-state index >= 15 is 0 Å². The van der Waals surface area contributed by atoms with Gasteiger partial charge in [-0.1, -0.05) is 13.8 Å². The minimum atomic E-state index is -5.02. The fourth-order valence-electron chi connectivity index (χ4n) is 0.381. The average molecular weight is 245 g/mol. The Bertz CT molecular complexity index is 244. The molecule has 0 aliphatic carbocycles. The third-order valence-corrected chi connectivity index (χ3v) is 1.71. The Labute approximate surface area is 88.3 Å². The van der Waals surface area contributed by atoms with Crippen LogP contribution in [0.5, 0.6) is 0 Å². The monoisotopic (exact) mass is 245 g/mol. The van der Waals surface area contributed by atoms with Crippen LogP contribution in [-0.2, 0) is 4.79 Å².